The lowest BCUT2D eigenvalue weighted by Crippen LogP contribution is -2.30. The zero-order valence-corrected chi connectivity index (χ0v) is 21.7. The molecule has 0 unspecified atom stereocenters. The summed E-state index contributed by atoms with van der Waals surface area (Å²) in [6, 6.07) is 20.3. The first kappa shape index (κ1) is 25.3. The molecule has 3 aromatic carbocycles. The number of aryl methyl sites for hydroxylation is 2. The highest BCUT2D eigenvalue weighted by molar-refractivity contribution is 7.92. The second-order valence-corrected chi connectivity index (χ2v) is 11.4. The summed E-state index contributed by atoms with van der Waals surface area (Å²) in [4.78, 5) is 13.0. The van der Waals surface area contributed by atoms with Gasteiger partial charge in [0.2, 0.25) is 10.0 Å². The van der Waals surface area contributed by atoms with Crippen molar-refractivity contribution in [3.63, 3.8) is 0 Å². The maximum absolute atomic E-state index is 13.0. The van der Waals surface area contributed by atoms with Crippen molar-refractivity contribution in [2.24, 2.45) is 0 Å². The van der Waals surface area contributed by atoms with Gasteiger partial charge in [-0.3, -0.25) is 9.10 Å². The quantitative estimate of drug-likeness (QED) is 0.400. The van der Waals surface area contributed by atoms with Crippen molar-refractivity contribution in [3.05, 3.63) is 99.6 Å². The topological polar surface area (TPSA) is 66.5 Å². The van der Waals surface area contributed by atoms with E-state index in [0.29, 0.717) is 21.8 Å². The first-order valence-corrected chi connectivity index (χ1v) is 14.2. The number of carbonyl (C=O) groups is 1. The van der Waals surface area contributed by atoms with Gasteiger partial charge in [0, 0.05) is 10.6 Å². The molecule has 0 saturated heterocycles. The Hall–Kier alpha value is -2.83. The number of hydrogen-bond donors (Lipinski definition) is 1. The summed E-state index contributed by atoms with van der Waals surface area (Å²) in [7, 11) is -3.56. The van der Waals surface area contributed by atoms with E-state index in [1.165, 1.54) is 28.3 Å². The molecule has 0 spiro atoms. The minimum absolute atomic E-state index is 0.0813. The lowest BCUT2D eigenvalue weighted by atomic mass is 9.88. The largest absolute Gasteiger partial charge is 0.345 e. The molecule has 1 amide bonds. The Morgan fingerprint density at radius 3 is 2.34 bits per heavy atom. The van der Waals surface area contributed by atoms with Crippen LogP contribution in [0.4, 0.5) is 5.69 Å². The fourth-order valence-corrected chi connectivity index (χ4v) is 5.67. The Kier molecular flexibility index (Phi) is 7.82. The predicted octanol–water partition coefficient (Wildman–Crippen LogP) is 6.07. The lowest BCUT2D eigenvalue weighted by molar-refractivity contribution is 0.0935. The zero-order valence-electron chi connectivity index (χ0n) is 20.1. The highest BCUT2D eigenvalue weighted by Crippen LogP contribution is 2.27. The molecule has 7 heteroatoms. The van der Waals surface area contributed by atoms with Gasteiger partial charge in [0.15, 0.2) is 0 Å². The van der Waals surface area contributed by atoms with Crippen LogP contribution in [0.15, 0.2) is 66.7 Å². The molecular formula is C28H31ClN2O3S. The van der Waals surface area contributed by atoms with E-state index in [1.54, 1.807) is 42.5 Å². The van der Waals surface area contributed by atoms with Crippen molar-refractivity contribution >= 4 is 33.2 Å². The highest BCUT2D eigenvalue weighted by atomic mass is 35.5. The van der Waals surface area contributed by atoms with Gasteiger partial charge in [-0.1, -0.05) is 54.9 Å². The Bertz CT molecular complexity index is 1310. The SMILES string of the molecule is CC[C@@H](NC(=O)c1ccc(N(Cc2ccccc2Cl)S(C)(=O)=O)cc1)c1ccc2c(c1)CCCC2. The Labute approximate surface area is 213 Å². The highest BCUT2D eigenvalue weighted by Gasteiger charge is 2.21. The first-order chi connectivity index (χ1) is 16.8. The van der Waals surface area contributed by atoms with Crippen LogP contribution in [0, 0.1) is 0 Å². The van der Waals surface area contributed by atoms with Crippen molar-refractivity contribution in [2.75, 3.05) is 10.6 Å². The van der Waals surface area contributed by atoms with Gasteiger partial charge in [-0.2, -0.15) is 0 Å². The smallest absolute Gasteiger partial charge is 0.251 e. The van der Waals surface area contributed by atoms with Crippen LogP contribution in [0.25, 0.3) is 0 Å². The third kappa shape index (κ3) is 6.06. The number of fused-ring (bicyclic) bond motifs is 1. The van der Waals surface area contributed by atoms with Gasteiger partial charge in [0.05, 0.1) is 24.5 Å². The number of benzene rings is 3. The van der Waals surface area contributed by atoms with Crippen LogP contribution in [0.1, 0.15) is 64.8 Å². The van der Waals surface area contributed by atoms with Gasteiger partial charge < -0.3 is 5.32 Å². The normalized spacial score (nSPS) is 14.1. The molecule has 1 aliphatic carbocycles. The number of nitrogens with zero attached hydrogens (tertiary/aromatic N) is 1. The fraction of sp³-hybridized carbons (Fsp3) is 0.321. The van der Waals surface area contributed by atoms with Gasteiger partial charge in [-0.05, 0) is 84.7 Å². The van der Waals surface area contributed by atoms with E-state index in [-0.39, 0.29) is 18.5 Å². The maximum atomic E-state index is 13.0. The van der Waals surface area contributed by atoms with Gasteiger partial charge in [0.25, 0.3) is 5.91 Å². The molecule has 1 N–H and O–H groups in total. The van der Waals surface area contributed by atoms with Crippen LogP contribution in [0.2, 0.25) is 5.02 Å². The number of sulfonamides is 1. The average Bonchev–Trinajstić information content (AvgIpc) is 2.86. The van der Waals surface area contributed by atoms with Crippen molar-refractivity contribution < 1.29 is 13.2 Å². The number of carbonyl (C=O) groups excluding carboxylic acids is 1. The van der Waals surface area contributed by atoms with Crippen LogP contribution < -0.4 is 9.62 Å². The van der Waals surface area contributed by atoms with Crippen molar-refractivity contribution in [1.29, 1.82) is 0 Å². The molecule has 1 aliphatic rings. The summed E-state index contributed by atoms with van der Waals surface area (Å²) >= 11 is 6.25. The number of rotatable bonds is 8. The predicted molar refractivity (Wildman–Crippen MR) is 143 cm³/mol. The average molecular weight is 511 g/mol. The summed E-state index contributed by atoms with van der Waals surface area (Å²) in [5.74, 6) is -0.182. The van der Waals surface area contributed by atoms with Crippen LogP contribution >= 0.6 is 11.6 Å². The third-order valence-electron chi connectivity index (χ3n) is 6.58. The van der Waals surface area contributed by atoms with E-state index >= 15 is 0 Å². The molecule has 3 aromatic rings. The van der Waals surface area contributed by atoms with E-state index in [2.05, 4.69) is 30.4 Å². The van der Waals surface area contributed by atoms with Crippen LogP contribution in [0.5, 0.6) is 0 Å². The van der Waals surface area contributed by atoms with E-state index in [0.717, 1.165) is 31.1 Å². The molecule has 0 aliphatic heterocycles. The number of halogens is 1. The van der Waals surface area contributed by atoms with E-state index in [1.807, 2.05) is 6.07 Å². The molecule has 0 radical (unpaired) electrons. The summed E-state index contributed by atoms with van der Waals surface area (Å²) < 4.78 is 26.3. The number of amides is 1. The minimum atomic E-state index is -3.56. The monoisotopic (exact) mass is 510 g/mol. The molecule has 1 atom stereocenters. The molecule has 184 valence electrons. The molecule has 5 nitrogen and oxygen atoms in total. The first-order valence-electron chi connectivity index (χ1n) is 12.0. The zero-order chi connectivity index (χ0) is 25.0. The summed E-state index contributed by atoms with van der Waals surface area (Å²) in [6.45, 7) is 2.17. The third-order valence-corrected chi connectivity index (χ3v) is 8.09. The van der Waals surface area contributed by atoms with Gasteiger partial charge in [-0.25, -0.2) is 8.42 Å². The van der Waals surface area contributed by atoms with Crippen LogP contribution in [0.3, 0.4) is 0 Å². The Balaban J connectivity index is 1.50. The van der Waals surface area contributed by atoms with Crippen LogP contribution in [-0.2, 0) is 29.4 Å². The number of anilines is 1. The summed E-state index contributed by atoms with van der Waals surface area (Å²) in [6.07, 6.45) is 6.63. The van der Waals surface area contributed by atoms with E-state index < -0.39 is 10.0 Å². The standard InChI is InChI=1S/C28H31ClN2O3S/c1-3-27(23-13-12-20-8-4-5-9-22(20)18-23)30-28(32)21-14-16-25(17-15-21)31(35(2,33)34)19-24-10-6-7-11-26(24)29/h6-7,10-18,27H,3-5,8-9,19H2,1-2H3,(H,30,32)/t27-/m1/s1. The number of nitrogens with one attached hydrogen (secondary N) is 1. The molecule has 0 aromatic heterocycles. The Morgan fingerprint density at radius 1 is 1.00 bits per heavy atom. The van der Waals surface area contributed by atoms with Crippen molar-refractivity contribution in [1.82, 2.24) is 5.32 Å². The molecule has 4 rings (SSSR count). The second kappa shape index (κ2) is 10.8. The van der Waals surface area contributed by atoms with Crippen LogP contribution in [-0.4, -0.2) is 20.6 Å². The molecule has 35 heavy (non-hydrogen) atoms. The summed E-state index contributed by atoms with van der Waals surface area (Å²) in [5.41, 5.74) is 5.61. The molecular weight excluding hydrogens is 480 g/mol. The van der Waals surface area contributed by atoms with Crippen molar-refractivity contribution in [2.45, 2.75) is 51.6 Å². The molecule has 0 bridgehead atoms. The van der Waals surface area contributed by atoms with Gasteiger partial charge in [-0.15, -0.1) is 0 Å². The van der Waals surface area contributed by atoms with Crippen molar-refractivity contribution in [3.8, 4) is 0 Å². The molecule has 0 saturated carbocycles. The number of hydrogen-bond acceptors (Lipinski definition) is 3. The second-order valence-electron chi connectivity index (χ2n) is 9.08. The fourth-order valence-electron chi connectivity index (χ4n) is 4.59. The summed E-state index contributed by atoms with van der Waals surface area (Å²) in [5, 5.41) is 3.65. The minimum Gasteiger partial charge on any atom is -0.345 e. The molecule has 0 heterocycles. The van der Waals surface area contributed by atoms with E-state index in [4.69, 9.17) is 11.6 Å². The lowest BCUT2D eigenvalue weighted by Gasteiger charge is -2.24. The van der Waals surface area contributed by atoms with E-state index in [9.17, 15) is 13.2 Å². The maximum Gasteiger partial charge on any atom is 0.251 e. The Morgan fingerprint density at radius 2 is 1.69 bits per heavy atom. The molecule has 0 fully saturated rings. The van der Waals surface area contributed by atoms with Gasteiger partial charge in [0.1, 0.15) is 0 Å². The van der Waals surface area contributed by atoms with Gasteiger partial charge >= 0.3 is 0 Å².